The van der Waals surface area contributed by atoms with Crippen LogP contribution in [0.3, 0.4) is 0 Å². The molecule has 1 aromatic carbocycles. The first-order valence-corrected chi connectivity index (χ1v) is 11.0. The van der Waals surface area contributed by atoms with Crippen LogP contribution < -0.4 is 0 Å². The monoisotopic (exact) mass is 354 g/mol. The van der Waals surface area contributed by atoms with Gasteiger partial charge in [0.25, 0.3) is 0 Å². The fourth-order valence-corrected chi connectivity index (χ4v) is 6.45. The number of rotatable bonds is 3. The lowest BCUT2D eigenvalue weighted by Crippen LogP contribution is -2.34. The first-order chi connectivity index (χ1) is 12.6. The van der Waals surface area contributed by atoms with Crippen LogP contribution in [0.25, 0.3) is 0 Å². The van der Waals surface area contributed by atoms with Gasteiger partial charge in [0.15, 0.2) is 0 Å². The molecule has 3 aliphatic carbocycles. The molecule has 0 radical (unpaired) electrons. The van der Waals surface area contributed by atoms with Gasteiger partial charge < -0.3 is 0 Å². The fraction of sp³-hybridized carbons (Fsp3) is 0.680. The van der Waals surface area contributed by atoms with Crippen molar-refractivity contribution < 1.29 is 4.39 Å². The lowest BCUT2D eigenvalue weighted by atomic mass is 9.60. The molecule has 4 atom stereocenters. The highest BCUT2D eigenvalue weighted by atomic mass is 19.1. The highest BCUT2D eigenvalue weighted by molar-refractivity contribution is 5.27. The summed E-state index contributed by atoms with van der Waals surface area (Å²) in [6.07, 6.45) is 15.8. The van der Waals surface area contributed by atoms with Crippen LogP contribution in [0.5, 0.6) is 0 Å². The maximum Gasteiger partial charge on any atom is 0.126 e. The van der Waals surface area contributed by atoms with Crippen LogP contribution in [-0.2, 0) is 0 Å². The summed E-state index contributed by atoms with van der Waals surface area (Å²) in [5.74, 6) is 4.96. The zero-order valence-electron chi connectivity index (χ0n) is 16.4. The second-order valence-corrected chi connectivity index (χ2v) is 9.54. The number of fused-ring (bicyclic) bond motifs is 1. The van der Waals surface area contributed by atoms with E-state index in [4.69, 9.17) is 0 Å². The van der Waals surface area contributed by atoms with Crippen molar-refractivity contribution in [1.82, 2.24) is 0 Å². The smallest absolute Gasteiger partial charge is 0.126 e. The minimum absolute atomic E-state index is 0.0288. The summed E-state index contributed by atoms with van der Waals surface area (Å²) in [4.78, 5) is 0. The molecule has 1 heteroatoms. The molecular weight excluding hydrogens is 319 g/mol. The lowest BCUT2D eigenvalue weighted by molar-refractivity contribution is 0.0744. The summed E-state index contributed by atoms with van der Waals surface area (Å²) in [7, 11) is 0. The van der Waals surface area contributed by atoms with Crippen molar-refractivity contribution in [3.8, 4) is 0 Å². The fourth-order valence-electron chi connectivity index (χ4n) is 6.45. The van der Waals surface area contributed by atoms with E-state index in [1.807, 2.05) is 6.92 Å². The minimum Gasteiger partial charge on any atom is -0.207 e. The molecule has 3 fully saturated rings. The van der Waals surface area contributed by atoms with Gasteiger partial charge >= 0.3 is 0 Å². The summed E-state index contributed by atoms with van der Waals surface area (Å²) in [5, 5.41) is 0. The molecule has 0 heterocycles. The first-order valence-electron chi connectivity index (χ1n) is 11.0. The molecule has 3 saturated carbocycles. The van der Waals surface area contributed by atoms with E-state index in [0.717, 1.165) is 40.7 Å². The molecule has 0 N–H and O–H groups in total. The topological polar surface area (TPSA) is 0 Å². The Morgan fingerprint density at radius 3 is 2.15 bits per heavy atom. The molecule has 0 aliphatic heterocycles. The third-order valence-electron chi connectivity index (χ3n) is 8.07. The van der Waals surface area contributed by atoms with Gasteiger partial charge in [0.1, 0.15) is 5.82 Å². The summed E-state index contributed by atoms with van der Waals surface area (Å²) in [6, 6.07) is 5.86. The predicted octanol–water partition coefficient (Wildman–Crippen LogP) is 7.43. The van der Waals surface area contributed by atoms with E-state index in [-0.39, 0.29) is 5.82 Å². The van der Waals surface area contributed by atoms with Gasteiger partial charge in [0.05, 0.1) is 0 Å². The quantitative estimate of drug-likeness (QED) is 0.495. The third-order valence-corrected chi connectivity index (χ3v) is 8.07. The standard InChI is InChI=1S/C25H35F/c1-3-18-5-7-19(8-6-18)20-9-10-22-16-23(12-11-21(22)15-20)24-13-4-17(2)14-25(24)26/h3-4,13-14,18-23H,1,5-12,15-16H2,2H3. The van der Waals surface area contributed by atoms with Crippen LogP contribution in [0.4, 0.5) is 4.39 Å². The Kier molecular flexibility index (Phi) is 5.53. The summed E-state index contributed by atoms with van der Waals surface area (Å²) in [6.45, 7) is 5.97. The number of allylic oxidation sites excluding steroid dienone is 1. The zero-order chi connectivity index (χ0) is 18.1. The van der Waals surface area contributed by atoms with E-state index in [2.05, 4.69) is 24.8 Å². The molecule has 0 spiro atoms. The number of benzene rings is 1. The second kappa shape index (κ2) is 7.87. The van der Waals surface area contributed by atoms with E-state index in [0.29, 0.717) is 5.92 Å². The van der Waals surface area contributed by atoms with Gasteiger partial charge in [-0.05, 0) is 124 Å². The van der Waals surface area contributed by atoms with Gasteiger partial charge in [0, 0.05) is 0 Å². The number of hydrogen-bond donors (Lipinski definition) is 0. The van der Waals surface area contributed by atoms with Crippen LogP contribution in [0.1, 0.15) is 81.3 Å². The van der Waals surface area contributed by atoms with Crippen LogP contribution in [-0.4, -0.2) is 0 Å². The molecule has 0 amide bonds. The number of halogens is 1. The normalized spacial score (nSPS) is 37.8. The summed E-state index contributed by atoms with van der Waals surface area (Å²) in [5.41, 5.74) is 2.02. The van der Waals surface area contributed by atoms with Crippen LogP contribution >= 0.6 is 0 Å². The Morgan fingerprint density at radius 2 is 1.46 bits per heavy atom. The van der Waals surface area contributed by atoms with E-state index in [1.54, 1.807) is 6.07 Å². The van der Waals surface area contributed by atoms with Gasteiger partial charge in [0.2, 0.25) is 0 Å². The van der Waals surface area contributed by atoms with E-state index < -0.39 is 0 Å². The molecule has 1 aromatic rings. The van der Waals surface area contributed by atoms with Gasteiger partial charge in [-0.15, -0.1) is 6.58 Å². The number of hydrogen-bond acceptors (Lipinski definition) is 0. The molecule has 0 aromatic heterocycles. The molecule has 3 aliphatic rings. The Bertz CT molecular complexity index is 625. The largest absolute Gasteiger partial charge is 0.207 e. The molecular formula is C25H35F. The van der Waals surface area contributed by atoms with Crippen LogP contribution in [0.15, 0.2) is 30.9 Å². The van der Waals surface area contributed by atoms with Crippen molar-refractivity contribution in [2.24, 2.45) is 29.6 Å². The Labute approximate surface area is 159 Å². The van der Waals surface area contributed by atoms with Gasteiger partial charge in [-0.2, -0.15) is 0 Å². The first kappa shape index (κ1) is 18.3. The van der Waals surface area contributed by atoms with Crippen molar-refractivity contribution in [1.29, 1.82) is 0 Å². The molecule has 4 unspecified atom stereocenters. The summed E-state index contributed by atoms with van der Waals surface area (Å²) < 4.78 is 14.4. The molecule has 0 bridgehead atoms. The average molecular weight is 355 g/mol. The van der Waals surface area contributed by atoms with E-state index in [1.165, 1.54) is 64.2 Å². The highest BCUT2D eigenvalue weighted by Gasteiger charge is 2.39. The van der Waals surface area contributed by atoms with Crippen LogP contribution in [0, 0.1) is 42.3 Å². The van der Waals surface area contributed by atoms with E-state index >= 15 is 0 Å². The van der Waals surface area contributed by atoms with Gasteiger partial charge in [-0.1, -0.05) is 18.2 Å². The Hall–Kier alpha value is -1.11. The molecule has 142 valence electrons. The second-order valence-electron chi connectivity index (χ2n) is 9.54. The average Bonchev–Trinajstić information content (AvgIpc) is 2.67. The van der Waals surface area contributed by atoms with Crippen molar-refractivity contribution in [3.63, 3.8) is 0 Å². The number of aryl methyl sites for hydroxylation is 1. The summed E-state index contributed by atoms with van der Waals surface area (Å²) >= 11 is 0. The predicted molar refractivity (Wildman–Crippen MR) is 108 cm³/mol. The van der Waals surface area contributed by atoms with Crippen molar-refractivity contribution in [3.05, 3.63) is 47.8 Å². The molecule has 0 saturated heterocycles. The SMILES string of the molecule is C=CC1CCC(C2CCC3CC(c4ccc(C)cc4F)CCC3C2)CC1. The Morgan fingerprint density at radius 1 is 0.846 bits per heavy atom. The lowest BCUT2D eigenvalue weighted by Gasteiger charge is -2.45. The minimum atomic E-state index is 0.0288. The zero-order valence-corrected chi connectivity index (χ0v) is 16.4. The Balaban J connectivity index is 1.35. The maximum absolute atomic E-state index is 14.4. The highest BCUT2D eigenvalue weighted by Crippen LogP contribution is 2.51. The molecule has 26 heavy (non-hydrogen) atoms. The molecule has 4 rings (SSSR count). The van der Waals surface area contributed by atoms with Gasteiger partial charge in [-0.25, -0.2) is 4.39 Å². The molecule has 0 nitrogen and oxygen atoms in total. The van der Waals surface area contributed by atoms with Gasteiger partial charge in [-0.3, -0.25) is 0 Å². The van der Waals surface area contributed by atoms with Crippen molar-refractivity contribution >= 4 is 0 Å². The van der Waals surface area contributed by atoms with Crippen molar-refractivity contribution in [2.75, 3.05) is 0 Å². The maximum atomic E-state index is 14.4. The van der Waals surface area contributed by atoms with Crippen LogP contribution in [0.2, 0.25) is 0 Å². The van der Waals surface area contributed by atoms with Crippen molar-refractivity contribution in [2.45, 2.75) is 77.0 Å². The third kappa shape index (κ3) is 3.78. The van der Waals surface area contributed by atoms with E-state index in [9.17, 15) is 4.39 Å².